The van der Waals surface area contributed by atoms with E-state index in [0.717, 1.165) is 5.56 Å². The molecule has 3 N–H and O–H groups in total. The zero-order valence-corrected chi connectivity index (χ0v) is 11.1. The van der Waals surface area contributed by atoms with Crippen LogP contribution in [0.3, 0.4) is 0 Å². The van der Waals surface area contributed by atoms with Gasteiger partial charge in [0.15, 0.2) is 0 Å². The van der Waals surface area contributed by atoms with Crippen molar-refractivity contribution in [3.8, 4) is 5.75 Å². The molecule has 1 unspecified atom stereocenters. The summed E-state index contributed by atoms with van der Waals surface area (Å²) in [4.78, 5) is 23.1. The van der Waals surface area contributed by atoms with Crippen molar-refractivity contribution >= 4 is 17.5 Å². The second-order valence-corrected chi connectivity index (χ2v) is 4.97. The van der Waals surface area contributed by atoms with Crippen LogP contribution >= 0.6 is 0 Å². The van der Waals surface area contributed by atoms with E-state index in [-0.39, 0.29) is 23.8 Å². The minimum atomic E-state index is -0.355. The molecule has 1 saturated heterocycles. The van der Waals surface area contributed by atoms with Crippen LogP contribution in [-0.4, -0.2) is 17.9 Å². The molecule has 1 fully saturated rings. The zero-order chi connectivity index (χ0) is 14.0. The molecule has 0 aliphatic carbocycles. The maximum atomic E-state index is 11.9. The first kappa shape index (κ1) is 13.4. The van der Waals surface area contributed by atoms with Gasteiger partial charge in [0.1, 0.15) is 5.75 Å². The van der Waals surface area contributed by atoms with Crippen molar-refractivity contribution in [1.29, 1.82) is 0 Å². The summed E-state index contributed by atoms with van der Waals surface area (Å²) in [5.74, 6) is -0.228. The molecule has 1 aliphatic rings. The van der Waals surface area contributed by atoms with Crippen LogP contribution in [0.5, 0.6) is 5.75 Å². The Kier molecular flexibility index (Phi) is 3.74. The first-order valence-electron chi connectivity index (χ1n) is 6.37. The predicted molar refractivity (Wildman–Crippen MR) is 71.7 cm³/mol. The number of rotatable bonds is 3. The van der Waals surface area contributed by atoms with Crippen molar-refractivity contribution in [2.75, 3.05) is 5.73 Å². The molecule has 102 valence electrons. The molecule has 0 aromatic heterocycles. The normalized spacial score (nSPS) is 19.4. The fraction of sp³-hybridized carbons (Fsp3) is 0.429. The third-order valence-corrected chi connectivity index (χ3v) is 3.01. The van der Waals surface area contributed by atoms with Crippen molar-refractivity contribution in [3.63, 3.8) is 0 Å². The van der Waals surface area contributed by atoms with E-state index in [1.165, 1.54) is 0 Å². The lowest BCUT2D eigenvalue weighted by Crippen LogP contribution is -2.39. The van der Waals surface area contributed by atoms with E-state index in [4.69, 9.17) is 10.5 Å². The summed E-state index contributed by atoms with van der Waals surface area (Å²) in [5.41, 5.74) is 7.13. The Morgan fingerprint density at radius 3 is 2.74 bits per heavy atom. The van der Waals surface area contributed by atoms with Crippen LogP contribution in [0.25, 0.3) is 0 Å². The molecule has 0 bridgehead atoms. The number of carbonyl (C=O) groups excluding carboxylic acids is 2. The van der Waals surface area contributed by atoms with Gasteiger partial charge in [-0.05, 0) is 26.3 Å². The van der Waals surface area contributed by atoms with Gasteiger partial charge < -0.3 is 10.5 Å². The summed E-state index contributed by atoms with van der Waals surface area (Å²) < 4.78 is 5.71. The molecule has 2 amide bonds. The Bertz CT molecular complexity index is 511. The van der Waals surface area contributed by atoms with Gasteiger partial charge in [-0.2, -0.15) is 0 Å². The van der Waals surface area contributed by atoms with Crippen LogP contribution < -0.4 is 15.8 Å². The highest BCUT2D eigenvalue weighted by atomic mass is 16.5. The summed E-state index contributed by atoms with van der Waals surface area (Å²) in [6.45, 7) is 3.83. The van der Waals surface area contributed by atoms with Gasteiger partial charge in [0, 0.05) is 23.7 Å². The van der Waals surface area contributed by atoms with Gasteiger partial charge >= 0.3 is 0 Å². The summed E-state index contributed by atoms with van der Waals surface area (Å²) in [6, 6.07) is 5.26. The topological polar surface area (TPSA) is 81.4 Å². The fourth-order valence-electron chi connectivity index (χ4n) is 2.19. The number of nitrogens with two attached hydrogens (primary N) is 1. The number of imide groups is 1. The van der Waals surface area contributed by atoms with Gasteiger partial charge in [-0.25, -0.2) is 0 Å². The third kappa shape index (κ3) is 3.05. The molecule has 0 spiro atoms. The molecular weight excluding hydrogens is 244 g/mol. The van der Waals surface area contributed by atoms with Crippen LogP contribution in [-0.2, 0) is 9.59 Å². The Hall–Kier alpha value is -2.04. The Labute approximate surface area is 112 Å². The number of amides is 2. The van der Waals surface area contributed by atoms with Gasteiger partial charge in [-0.15, -0.1) is 0 Å². The monoisotopic (exact) mass is 262 g/mol. The summed E-state index contributed by atoms with van der Waals surface area (Å²) in [5, 5.41) is 2.36. The SMILES string of the molecule is CC(C)Oc1cc(N)ccc1C1CCC(=O)NC1=O. The van der Waals surface area contributed by atoms with Crippen LogP contribution in [0.4, 0.5) is 5.69 Å². The fourth-order valence-corrected chi connectivity index (χ4v) is 2.19. The van der Waals surface area contributed by atoms with Crippen LogP contribution in [0.2, 0.25) is 0 Å². The van der Waals surface area contributed by atoms with Crippen LogP contribution in [0, 0.1) is 0 Å². The summed E-state index contributed by atoms with van der Waals surface area (Å²) in [6.07, 6.45) is 0.846. The van der Waals surface area contributed by atoms with E-state index < -0.39 is 0 Å². The predicted octanol–water partition coefficient (Wildman–Crippen LogP) is 1.58. The lowest BCUT2D eigenvalue weighted by Gasteiger charge is -2.24. The van der Waals surface area contributed by atoms with Gasteiger partial charge in [0.2, 0.25) is 11.8 Å². The van der Waals surface area contributed by atoms with E-state index >= 15 is 0 Å². The van der Waals surface area contributed by atoms with Crippen molar-refractivity contribution in [3.05, 3.63) is 23.8 Å². The van der Waals surface area contributed by atoms with Crippen molar-refractivity contribution < 1.29 is 14.3 Å². The number of nitrogens with one attached hydrogen (secondary N) is 1. The number of nitrogen functional groups attached to an aromatic ring is 1. The van der Waals surface area contributed by atoms with Crippen molar-refractivity contribution in [1.82, 2.24) is 5.32 Å². The van der Waals surface area contributed by atoms with Gasteiger partial charge in [-0.3, -0.25) is 14.9 Å². The van der Waals surface area contributed by atoms with Crippen molar-refractivity contribution in [2.24, 2.45) is 0 Å². The lowest BCUT2D eigenvalue weighted by molar-refractivity contribution is -0.134. The summed E-state index contributed by atoms with van der Waals surface area (Å²) in [7, 11) is 0. The quantitative estimate of drug-likeness (QED) is 0.640. The molecule has 0 radical (unpaired) electrons. The first-order valence-corrected chi connectivity index (χ1v) is 6.37. The highest BCUT2D eigenvalue weighted by Gasteiger charge is 2.30. The molecule has 1 aromatic carbocycles. The number of hydrogen-bond acceptors (Lipinski definition) is 4. The standard InChI is InChI=1S/C14H18N2O3/c1-8(2)19-12-7-9(15)3-4-10(12)11-5-6-13(17)16-14(11)18/h3-4,7-8,11H,5-6,15H2,1-2H3,(H,16,17,18). The van der Waals surface area contributed by atoms with E-state index in [1.807, 2.05) is 13.8 Å². The second-order valence-electron chi connectivity index (χ2n) is 4.97. The molecule has 1 aromatic rings. The minimum absolute atomic E-state index is 0.00571. The molecule has 5 heteroatoms. The molecule has 1 heterocycles. The first-order chi connectivity index (χ1) is 8.97. The van der Waals surface area contributed by atoms with Crippen LogP contribution in [0.1, 0.15) is 38.2 Å². The van der Waals surface area contributed by atoms with Gasteiger partial charge in [-0.1, -0.05) is 6.07 Å². The number of carbonyl (C=O) groups is 2. The number of anilines is 1. The molecule has 19 heavy (non-hydrogen) atoms. The largest absolute Gasteiger partial charge is 0.491 e. The van der Waals surface area contributed by atoms with Gasteiger partial charge in [0.25, 0.3) is 0 Å². The van der Waals surface area contributed by atoms with Gasteiger partial charge in [0.05, 0.1) is 12.0 Å². The molecule has 1 aliphatic heterocycles. The van der Waals surface area contributed by atoms with Crippen LogP contribution in [0.15, 0.2) is 18.2 Å². The number of benzene rings is 1. The van der Waals surface area contributed by atoms with E-state index in [1.54, 1.807) is 18.2 Å². The average molecular weight is 262 g/mol. The highest BCUT2D eigenvalue weighted by Crippen LogP contribution is 2.34. The highest BCUT2D eigenvalue weighted by molar-refractivity contribution is 6.01. The Morgan fingerprint density at radius 2 is 2.11 bits per heavy atom. The molecule has 0 saturated carbocycles. The molecule has 5 nitrogen and oxygen atoms in total. The smallest absolute Gasteiger partial charge is 0.234 e. The lowest BCUT2D eigenvalue weighted by atomic mass is 9.89. The van der Waals surface area contributed by atoms with E-state index in [2.05, 4.69) is 5.32 Å². The number of piperidine rings is 1. The average Bonchev–Trinajstić information content (AvgIpc) is 2.30. The third-order valence-electron chi connectivity index (χ3n) is 3.01. The number of ether oxygens (including phenoxy) is 1. The Balaban J connectivity index is 2.33. The van der Waals surface area contributed by atoms with Crippen molar-refractivity contribution in [2.45, 2.75) is 38.7 Å². The second kappa shape index (κ2) is 5.30. The maximum Gasteiger partial charge on any atom is 0.234 e. The number of hydrogen-bond donors (Lipinski definition) is 2. The maximum absolute atomic E-state index is 11.9. The zero-order valence-electron chi connectivity index (χ0n) is 11.1. The summed E-state index contributed by atoms with van der Waals surface area (Å²) >= 11 is 0. The molecular formula is C14H18N2O3. The Morgan fingerprint density at radius 1 is 1.37 bits per heavy atom. The van der Waals surface area contributed by atoms with E-state index in [9.17, 15) is 9.59 Å². The molecule has 1 atom stereocenters. The minimum Gasteiger partial charge on any atom is -0.491 e. The van der Waals surface area contributed by atoms with E-state index in [0.29, 0.717) is 24.3 Å². The molecule has 2 rings (SSSR count).